The molecule has 2 fully saturated rings. The smallest absolute Gasteiger partial charge is 0.257 e. The zero-order valence-corrected chi connectivity index (χ0v) is 24.0. The lowest BCUT2D eigenvalue weighted by molar-refractivity contribution is -0.120. The Hall–Kier alpha value is -5.00. The van der Waals surface area contributed by atoms with Crippen LogP contribution in [-0.2, 0) is 9.59 Å². The number of ether oxygens (including phenoxy) is 4. The minimum Gasteiger partial charge on any atom is -0.493 e. The molecular weight excluding hydrogens is 556 g/mol. The highest BCUT2D eigenvalue weighted by Crippen LogP contribution is 2.39. The van der Waals surface area contributed by atoms with Crippen molar-refractivity contribution in [3.05, 3.63) is 59.7 Å². The van der Waals surface area contributed by atoms with Crippen LogP contribution in [-0.4, -0.2) is 86.0 Å². The zero-order valence-electron chi connectivity index (χ0n) is 24.0. The predicted molar refractivity (Wildman–Crippen MR) is 156 cm³/mol. The molecule has 4 aliphatic heterocycles. The van der Waals surface area contributed by atoms with E-state index in [1.807, 2.05) is 0 Å². The predicted octanol–water partition coefficient (Wildman–Crippen LogP) is 3.00. The molecule has 4 amide bonds. The van der Waals surface area contributed by atoms with Gasteiger partial charge in [-0.15, -0.1) is 0 Å². The normalized spacial score (nSPS) is 20.8. The van der Waals surface area contributed by atoms with E-state index in [0.29, 0.717) is 77.9 Å². The number of carbonyl (C=O) groups is 4. The minimum atomic E-state index is -0.589. The molecule has 4 heterocycles. The van der Waals surface area contributed by atoms with Gasteiger partial charge in [0.1, 0.15) is 12.1 Å². The summed E-state index contributed by atoms with van der Waals surface area (Å²) in [6.45, 7) is 9.00. The summed E-state index contributed by atoms with van der Waals surface area (Å²) in [6, 6.07) is 5.16. The van der Waals surface area contributed by atoms with Gasteiger partial charge in [0.2, 0.25) is 11.8 Å². The highest BCUT2D eigenvalue weighted by molar-refractivity contribution is 6.12. The van der Waals surface area contributed by atoms with Crippen molar-refractivity contribution in [2.45, 2.75) is 31.3 Å². The molecule has 0 bridgehead atoms. The highest BCUT2D eigenvalue weighted by Gasteiger charge is 2.41. The number of nitrogens with zero attached hydrogens (tertiary/aromatic N) is 2. The van der Waals surface area contributed by atoms with Crippen molar-refractivity contribution in [1.29, 1.82) is 0 Å². The number of benzene rings is 2. The van der Waals surface area contributed by atoms with Crippen LogP contribution in [0, 0.1) is 0 Å². The summed E-state index contributed by atoms with van der Waals surface area (Å²) in [4.78, 5) is 55.1. The van der Waals surface area contributed by atoms with Gasteiger partial charge in [-0.2, -0.15) is 0 Å². The Bertz CT molecular complexity index is 1470. The largest absolute Gasteiger partial charge is 0.493 e. The van der Waals surface area contributed by atoms with Gasteiger partial charge in [0.15, 0.2) is 23.0 Å². The van der Waals surface area contributed by atoms with Crippen LogP contribution in [0.15, 0.2) is 48.6 Å². The number of hydrogen-bond donors (Lipinski definition) is 2. The van der Waals surface area contributed by atoms with Crippen molar-refractivity contribution in [3.8, 4) is 23.0 Å². The summed E-state index contributed by atoms with van der Waals surface area (Å²) < 4.78 is 22.9. The maximum atomic E-state index is 13.2. The fourth-order valence-corrected chi connectivity index (χ4v) is 5.88. The average Bonchev–Trinajstić information content (AvgIpc) is 3.54. The first kappa shape index (κ1) is 28.1. The van der Waals surface area contributed by atoms with Crippen LogP contribution in [0.25, 0.3) is 0 Å². The number of methoxy groups -OCH3 is 2. The fourth-order valence-electron chi connectivity index (χ4n) is 5.88. The minimum absolute atomic E-state index is 0.231. The van der Waals surface area contributed by atoms with E-state index in [-0.39, 0.29) is 36.8 Å². The first-order chi connectivity index (χ1) is 20.7. The Morgan fingerprint density at radius 3 is 1.51 bits per heavy atom. The summed E-state index contributed by atoms with van der Waals surface area (Å²) in [5.74, 6) is 0.372. The number of carbonyl (C=O) groups excluding carboxylic acids is 4. The van der Waals surface area contributed by atoms with Crippen LogP contribution >= 0.6 is 0 Å². The summed E-state index contributed by atoms with van der Waals surface area (Å²) >= 11 is 0. The molecule has 0 saturated carbocycles. The van der Waals surface area contributed by atoms with Crippen LogP contribution < -0.4 is 29.6 Å². The Labute approximate surface area is 248 Å². The quantitative estimate of drug-likeness (QED) is 0.355. The molecule has 0 unspecified atom stereocenters. The van der Waals surface area contributed by atoms with Gasteiger partial charge in [-0.05, 0) is 25.0 Å². The third-order valence-electron chi connectivity index (χ3n) is 8.02. The third kappa shape index (κ3) is 5.02. The van der Waals surface area contributed by atoms with E-state index in [4.69, 9.17) is 18.9 Å². The van der Waals surface area contributed by atoms with Crippen molar-refractivity contribution in [3.63, 3.8) is 0 Å². The Morgan fingerprint density at radius 1 is 0.698 bits per heavy atom. The average molecular weight is 589 g/mol. The van der Waals surface area contributed by atoms with E-state index in [1.165, 1.54) is 24.0 Å². The number of rotatable bonds is 8. The maximum absolute atomic E-state index is 13.2. The second-order valence-corrected chi connectivity index (χ2v) is 10.9. The van der Waals surface area contributed by atoms with Crippen molar-refractivity contribution in [2.24, 2.45) is 0 Å². The second-order valence-electron chi connectivity index (χ2n) is 10.9. The third-order valence-corrected chi connectivity index (χ3v) is 8.02. The first-order valence-electron chi connectivity index (χ1n) is 13.9. The molecular formula is C31H32N4O8. The number of hydrogen-bond acceptors (Lipinski definition) is 8. The van der Waals surface area contributed by atoms with Crippen molar-refractivity contribution in [1.82, 2.24) is 9.80 Å². The standard InChI is InChI=1S/C31H32N4O8/c1-16-8-22-28(36)32-20-12-26(24(40-3)10-18(20)30(38)34(22)14-16)42-6-5-7-43-27-13-21-19(11-25(27)41-4)31(39)35-15-17(2)9-23(35)29(37)33-21/h10-13,22-23H,1-2,5-9,14-15H2,3-4H3,(H,32,36)(H,33,37)/t22-,23-/m0/s1. The molecule has 4 aliphatic rings. The van der Waals surface area contributed by atoms with Crippen molar-refractivity contribution < 1.29 is 38.1 Å². The van der Waals surface area contributed by atoms with E-state index in [9.17, 15) is 19.2 Å². The lowest BCUT2D eigenvalue weighted by atomic mass is 10.1. The summed E-state index contributed by atoms with van der Waals surface area (Å²) in [7, 11) is 2.96. The Balaban J connectivity index is 1.12. The van der Waals surface area contributed by atoms with Crippen molar-refractivity contribution >= 4 is 35.0 Å². The molecule has 2 aromatic rings. The molecule has 2 N–H and O–H groups in total. The maximum Gasteiger partial charge on any atom is 0.257 e. The van der Waals surface area contributed by atoms with Gasteiger partial charge in [0, 0.05) is 31.6 Å². The summed E-state index contributed by atoms with van der Waals surface area (Å²) in [5.41, 5.74) is 3.03. The van der Waals surface area contributed by atoms with Gasteiger partial charge in [-0.1, -0.05) is 24.3 Å². The van der Waals surface area contributed by atoms with Crippen LogP contribution in [0.1, 0.15) is 40.0 Å². The molecule has 224 valence electrons. The Kier molecular flexibility index (Phi) is 7.20. The van der Waals surface area contributed by atoms with Gasteiger partial charge in [-0.25, -0.2) is 0 Å². The molecule has 0 spiro atoms. The van der Waals surface area contributed by atoms with Crippen LogP contribution in [0.4, 0.5) is 11.4 Å². The van der Waals surface area contributed by atoms with Gasteiger partial charge >= 0.3 is 0 Å². The van der Waals surface area contributed by atoms with E-state index in [1.54, 1.807) is 24.3 Å². The van der Waals surface area contributed by atoms with Crippen LogP contribution in [0.3, 0.4) is 0 Å². The van der Waals surface area contributed by atoms with Gasteiger partial charge in [0.05, 0.1) is 49.9 Å². The Morgan fingerprint density at radius 2 is 1.12 bits per heavy atom. The molecule has 2 saturated heterocycles. The van der Waals surface area contributed by atoms with Gasteiger partial charge in [-0.3, -0.25) is 19.2 Å². The van der Waals surface area contributed by atoms with Crippen molar-refractivity contribution in [2.75, 3.05) is 51.2 Å². The van der Waals surface area contributed by atoms with Gasteiger partial charge in [0.25, 0.3) is 11.8 Å². The molecule has 0 radical (unpaired) electrons. The second kappa shape index (κ2) is 11.0. The zero-order chi connectivity index (χ0) is 30.4. The lowest BCUT2D eigenvalue weighted by Gasteiger charge is -2.20. The SMILES string of the molecule is C=C1C[C@H]2C(=O)Nc3cc(OCCCOc4cc5c(cc4OC)C(=O)N4CC(=C)C[C@H]4C(=O)N5)c(OC)cc3C(=O)N2C1. The molecule has 12 nitrogen and oxygen atoms in total. The summed E-state index contributed by atoms with van der Waals surface area (Å²) in [6.07, 6.45) is 1.31. The monoisotopic (exact) mass is 588 g/mol. The number of nitrogens with one attached hydrogen (secondary N) is 2. The molecule has 2 atom stereocenters. The molecule has 0 aromatic heterocycles. The fraction of sp³-hybridized carbons (Fsp3) is 0.355. The molecule has 6 rings (SSSR count). The number of anilines is 2. The molecule has 0 aliphatic carbocycles. The van der Waals surface area contributed by atoms with E-state index < -0.39 is 12.1 Å². The molecule has 2 aromatic carbocycles. The topological polar surface area (TPSA) is 136 Å². The summed E-state index contributed by atoms with van der Waals surface area (Å²) in [5, 5.41) is 5.69. The van der Waals surface area contributed by atoms with E-state index >= 15 is 0 Å². The van der Waals surface area contributed by atoms with E-state index in [0.717, 1.165) is 11.1 Å². The van der Waals surface area contributed by atoms with Crippen LogP contribution in [0.5, 0.6) is 23.0 Å². The highest BCUT2D eigenvalue weighted by atomic mass is 16.5. The first-order valence-corrected chi connectivity index (χ1v) is 13.9. The van der Waals surface area contributed by atoms with E-state index in [2.05, 4.69) is 23.8 Å². The number of amides is 4. The lowest BCUT2D eigenvalue weighted by Crippen LogP contribution is -2.40. The molecule has 12 heteroatoms. The molecule has 43 heavy (non-hydrogen) atoms. The number of fused-ring (bicyclic) bond motifs is 4. The van der Waals surface area contributed by atoms with Crippen LogP contribution in [0.2, 0.25) is 0 Å². The van der Waals surface area contributed by atoms with Gasteiger partial charge < -0.3 is 39.4 Å².